The molecule has 2 N–H and O–H groups in total. The minimum absolute atomic E-state index is 0.0982. The molecule has 17 heavy (non-hydrogen) atoms. The Morgan fingerprint density at radius 3 is 2.59 bits per heavy atom. The molecule has 1 rings (SSSR count). The number of carbonyl (C=O) groups excluding carboxylic acids is 1. The summed E-state index contributed by atoms with van der Waals surface area (Å²) in [6, 6.07) is 5.56. The standard InChI is InChI=1S/C14H21NO2/c1-9(2)13(15)14(16)17-8-12-7-10(3)5-6-11(12)4/h5-7,9,13H,8,15H2,1-4H3. The molecular formula is C14H21NO2. The number of rotatable bonds is 4. The first kappa shape index (κ1) is 13.7. The summed E-state index contributed by atoms with van der Waals surface area (Å²) < 4.78 is 5.22. The quantitative estimate of drug-likeness (QED) is 0.815. The summed E-state index contributed by atoms with van der Waals surface area (Å²) in [4.78, 5) is 11.6. The molecule has 0 aliphatic rings. The van der Waals surface area contributed by atoms with Crippen LogP contribution in [0.3, 0.4) is 0 Å². The van der Waals surface area contributed by atoms with Crippen molar-refractivity contribution in [2.24, 2.45) is 11.7 Å². The number of nitrogens with two attached hydrogens (primary N) is 1. The van der Waals surface area contributed by atoms with Crippen LogP contribution < -0.4 is 5.73 Å². The van der Waals surface area contributed by atoms with Gasteiger partial charge in [0.1, 0.15) is 12.6 Å². The lowest BCUT2D eigenvalue weighted by atomic mass is 10.1. The SMILES string of the molecule is Cc1ccc(C)c(COC(=O)C(N)C(C)C)c1. The molecule has 1 aromatic carbocycles. The van der Waals surface area contributed by atoms with Crippen molar-refractivity contribution >= 4 is 5.97 Å². The highest BCUT2D eigenvalue weighted by Crippen LogP contribution is 2.12. The second-order valence-corrected chi connectivity index (χ2v) is 4.81. The first-order valence-corrected chi connectivity index (χ1v) is 5.90. The first-order chi connectivity index (χ1) is 7.91. The molecule has 0 aliphatic heterocycles. The lowest BCUT2D eigenvalue weighted by Gasteiger charge is -2.15. The monoisotopic (exact) mass is 235 g/mol. The van der Waals surface area contributed by atoms with Gasteiger partial charge < -0.3 is 10.5 Å². The van der Waals surface area contributed by atoms with Crippen LogP contribution in [-0.2, 0) is 16.1 Å². The van der Waals surface area contributed by atoms with Gasteiger partial charge >= 0.3 is 5.97 Å². The van der Waals surface area contributed by atoms with Gasteiger partial charge in [-0.3, -0.25) is 4.79 Å². The number of ether oxygens (including phenoxy) is 1. The summed E-state index contributed by atoms with van der Waals surface area (Å²) in [5.74, 6) is -0.234. The van der Waals surface area contributed by atoms with Crippen molar-refractivity contribution in [1.29, 1.82) is 0 Å². The van der Waals surface area contributed by atoms with Crippen LogP contribution in [0.15, 0.2) is 18.2 Å². The van der Waals surface area contributed by atoms with Crippen LogP contribution in [0.4, 0.5) is 0 Å². The van der Waals surface area contributed by atoms with Gasteiger partial charge in [0, 0.05) is 0 Å². The van der Waals surface area contributed by atoms with Crippen LogP contribution in [0.1, 0.15) is 30.5 Å². The van der Waals surface area contributed by atoms with Crippen LogP contribution in [0.5, 0.6) is 0 Å². The lowest BCUT2D eigenvalue weighted by Crippen LogP contribution is -2.36. The van der Waals surface area contributed by atoms with Gasteiger partial charge in [-0.2, -0.15) is 0 Å². The third-order valence-corrected chi connectivity index (χ3v) is 2.86. The van der Waals surface area contributed by atoms with Crippen LogP contribution in [-0.4, -0.2) is 12.0 Å². The van der Waals surface area contributed by atoms with Gasteiger partial charge in [-0.15, -0.1) is 0 Å². The third-order valence-electron chi connectivity index (χ3n) is 2.86. The Morgan fingerprint density at radius 1 is 1.35 bits per heavy atom. The van der Waals surface area contributed by atoms with Crippen LogP contribution in [0.25, 0.3) is 0 Å². The van der Waals surface area contributed by atoms with Crippen molar-refractivity contribution < 1.29 is 9.53 Å². The Hall–Kier alpha value is -1.35. The molecule has 3 heteroatoms. The van der Waals surface area contributed by atoms with Crippen molar-refractivity contribution in [3.05, 3.63) is 34.9 Å². The maximum absolute atomic E-state index is 11.6. The normalized spacial score (nSPS) is 12.6. The Balaban J connectivity index is 2.61. The second-order valence-electron chi connectivity index (χ2n) is 4.81. The van der Waals surface area contributed by atoms with Crippen molar-refractivity contribution in [2.45, 2.75) is 40.3 Å². The molecule has 0 radical (unpaired) electrons. The molecule has 1 atom stereocenters. The number of benzene rings is 1. The second kappa shape index (κ2) is 5.82. The number of hydrogen-bond donors (Lipinski definition) is 1. The molecule has 0 fully saturated rings. The third kappa shape index (κ3) is 3.86. The highest BCUT2D eigenvalue weighted by Gasteiger charge is 2.18. The largest absolute Gasteiger partial charge is 0.460 e. The highest BCUT2D eigenvalue weighted by molar-refractivity contribution is 5.75. The fourth-order valence-electron chi connectivity index (χ4n) is 1.47. The zero-order chi connectivity index (χ0) is 13.0. The molecule has 94 valence electrons. The summed E-state index contributed by atoms with van der Waals surface area (Å²) in [7, 11) is 0. The van der Waals surface area contributed by atoms with E-state index in [-0.39, 0.29) is 11.9 Å². The predicted octanol–water partition coefficient (Wildman–Crippen LogP) is 2.33. The van der Waals surface area contributed by atoms with E-state index >= 15 is 0 Å². The van der Waals surface area contributed by atoms with Crippen LogP contribution in [0.2, 0.25) is 0 Å². The van der Waals surface area contributed by atoms with Crippen LogP contribution in [0, 0.1) is 19.8 Å². The Labute approximate surface area is 103 Å². The van der Waals surface area contributed by atoms with Crippen molar-refractivity contribution in [1.82, 2.24) is 0 Å². The van der Waals surface area contributed by atoms with E-state index in [9.17, 15) is 4.79 Å². The van der Waals surface area contributed by atoms with Gasteiger partial charge in [0.25, 0.3) is 0 Å². The molecule has 0 aromatic heterocycles. The smallest absolute Gasteiger partial charge is 0.323 e. The highest BCUT2D eigenvalue weighted by atomic mass is 16.5. The van der Waals surface area contributed by atoms with E-state index in [1.807, 2.05) is 45.9 Å². The molecule has 1 unspecified atom stereocenters. The number of carbonyl (C=O) groups is 1. The summed E-state index contributed by atoms with van der Waals surface area (Å²) in [6.07, 6.45) is 0. The topological polar surface area (TPSA) is 52.3 Å². The molecule has 0 bridgehead atoms. The van der Waals surface area contributed by atoms with Gasteiger partial charge in [-0.1, -0.05) is 37.6 Å². The summed E-state index contributed by atoms with van der Waals surface area (Å²) >= 11 is 0. The van der Waals surface area contributed by atoms with E-state index in [4.69, 9.17) is 10.5 Å². The Kier molecular flexibility index (Phi) is 4.70. The fourth-order valence-corrected chi connectivity index (χ4v) is 1.47. The molecule has 0 saturated carbocycles. The summed E-state index contributed by atoms with van der Waals surface area (Å²) in [5, 5.41) is 0. The molecule has 0 heterocycles. The molecule has 3 nitrogen and oxygen atoms in total. The molecule has 0 spiro atoms. The summed E-state index contributed by atoms with van der Waals surface area (Å²) in [5.41, 5.74) is 9.04. The first-order valence-electron chi connectivity index (χ1n) is 5.90. The minimum Gasteiger partial charge on any atom is -0.460 e. The van der Waals surface area contributed by atoms with E-state index in [1.54, 1.807) is 0 Å². The van der Waals surface area contributed by atoms with Gasteiger partial charge in [0.15, 0.2) is 0 Å². The van der Waals surface area contributed by atoms with E-state index in [2.05, 4.69) is 0 Å². The molecule has 1 aromatic rings. The van der Waals surface area contributed by atoms with Crippen molar-refractivity contribution in [3.63, 3.8) is 0 Å². The number of aryl methyl sites for hydroxylation is 2. The van der Waals surface area contributed by atoms with Gasteiger partial charge in [-0.05, 0) is 30.9 Å². The van der Waals surface area contributed by atoms with E-state index in [1.165, 1.54) is 0 Å². The van der Waals surface area contributed by atoms with E-state index in [0.717, 1.165) is 16.7 Å². The fraction of sp³-hybridized carbons (Fsp3) is 0.500. The number of hydrogen-bond acceptors (Lipinski definition) is 3. The molecule has 0 saturated heterocycles. The maximum Gasteiger partial charge on any atom is 0.323 e. The van der Waals surface area contributed by atoms with Gasteiger partial charge in [-0.25, -0.2) is 0 Å². The average Bonchev–Trinajstić information content (AvgIpc) is 2.28. The molecular weight excluding hydrogens is 214 g/mol. The number of esters is 1. The average molecular weight is 235 g/mol. The molecule has 0 amide bonds. The zero-order valence-electron chi connectivity index (χ0n) is 11.0. The lowest BCUT2D eigenvalue weighted by molar-refractivity contribution is -0.147. The van der Waals surface area contributed by atoms with Crippen LogP contribution >= 0.6 is 0 Å². The van der Waals surface area contributed by atoms with E-state index in [0.29, 0.717) is 6.61 Å². The minimum atomic E-state index is -0.542. The van der Waals surface area contributed by atoms with Gasteiger partial charge in [0.2, 0.25) is 0 Å². The van der Waals surface area contributed by atoms with Crippen molar-refractivity contribution in [2.75, 3.05) is 0 Å². The predicted molar refractivity (Wildman–Crippen MR) is 68.5 cm³/mol. The maximum atomic E-state index is 11.6. The van der Waals surface area contributed by atoms with Gasteiger partial charge in [0.05, 0.1) is 0 Å². The Morgan fingerprint density at radius 2 is 2.00 bits per heavy atom. The zero-order valence-corrected chi connectivity index (χ0v) is 11.0. The molecule has 0 aliphatic carbocycles. The summed E-state index contributed by atoms with van der Waals surface area (Å²) in [6.45, 7) is 8.13. The van der Waals surface area contributed by atoms with Crippen molar-refractivity contribution in [3.8, 4) is 0 Å². The Bertz CT molecular complexity index is 399. The van der Waals surface area contributed by atoms with E-state index < -0.39 is 6.04 Å².